The van der Waals surface area contributed by atoms with E-state index >= 15 is 0 Å². The first-order chi connectivity index (χ1) is 17.0. The van der Waals surface area contributed by atoms with Crippen molar-refractivity contribution in [2.75, 3.05) is 18.4 Å². The van der Waals surface area contributed by atoms with Crippen molar-refractivity contribution in [3.05, 3.63) is 101 Å². The Morgan fingerprint density at radius 1 is 0.914 bits per heavy atom. The first kappa shape index (κ1) is 24.5. The number of anilines is 1. The summed E-state index contributed by atoms with van der Waals surface area (Å²) < 4.78 is 0. The summed E-state index contributed by atoms with van der Waals surface area (Å²) in [4.78, 5) is 40.8. The highest BCUT2D eigenvalue weighted by Crippen LogP contribution is 2.24. The normalized spacial score (nSPS) is 16.3. The average molecular weight is 490 g/mol. The highest BCUT2D eigenvalue weighted by molar-refractivity contribution is 6.33. The number of hydrogen-bond acceptors (Lipinski definition) is 3. The van der Waals surface area contributed by atoms with Gasteiger partial charge in [-0.25, -0.2) is 0 Å². The quantitative estimate of drug-likeness (QED) is 0.486. The molecule has 3 amide bonds. The van der Waals surface area contributed by atoms with Crippen molar-refractivity contribution < 1.29 is 14.4 Å². The van der Waals surface area contributed by atoms with Crippen LogP contribution in [0.3, 0.4) is 0 Å². The minimum Gasteiger partial charge on any atom is -0.345 e. The van der Waals surface area contributed by atoms with Gasteiger partial charge in [0, 0.05) is 18.8 Å². The van der Waals surface area contributed by atoms with Crippen LogP contribution in [0.15, 0.2) is 84.9 Å². The molecule has 35 heavy (non-hydrogen) atoms. The summed E-state index contributed by atoms with van der Waals surface area (Å²) in [5, 5.41) is 6.27. The zero-order valence-electron chi connectivity index (χ0n) is 19.3. The molecule has 3 aromatic carbocycles. The fraction of sp³-hybridized carbons (Fsp3) is 0.250. The summed E-state index contributed by atoms with van der Waals surface area (Å²) in [5.74, 6) is -0.798. The number of carbonyl (C=O) groups excluding carboxylic acids is 3. The summed E-state index contributed by atoms with van der Waals surface area (Å²) in [6.07, 6.45) is 1.57. The van der Waals surface area contributed by atoms with Crippen LogP contribution in [0.5, 0.6) is 0 Å². The van der Waals surface area contributed by atoms with Gasteiger partial charge in [0.1, 0.15) is 0 Å². The van der Waals surface area contributed by atoms with E-state index in [0.29, 0.717) is 23.7 Å². The Morgan fingerprint density at radius 2 is 1.57 bits per heavy atom. The molecule has 6 nitrogen and oxygen atoms in total. The Balaban J connectivity index is 1.44. The van der Waals surface area contributed by atoms with Crippen molar-refractivity contribution in [3.63, 3.8) is 0 Å². The number of benzene rings is 3. The molecule has 0 aromatic heterocycles. The van der Waals surface area contributed by atoms with Crippen molar-refractivity contribution in [2.45, 2.75) is 25.3 Å². The molecule has 0 radical (unpaired) electrons. The largest absolute Gasteiger partial charge is 0.345 e. The highest BCUT2D eigenvalue weighted by atomic mass is 35.5. The van der Waals surface area contributed by atoms with E-state index < -0.39 is 6.04 Å². The smallest absolute Gasteiger partial charge is 0.253 e. The molecule has 2 N–H and O–H groups in total. The van der Waals surface area contributed by atoms with Gasteiger partial charge in [-0.2, -0.15) is 0 Å². The van der Waals surface area contributed by atoms with Crippen LogP contribution in [0.25, 0.3) is 0 Å². The Bertz CT molecular complexity index is 1170. The molecule has 0 aliphatic carbocycles. The molecule has 1 fully saturated rings. The van der Waals surface area contributed by atoms with Crippen molar-refractivity contribution in [2.24, 2.45) is 5.92 Å². The summed E-state index contributed by atoms with van der Waals surface area (Å²) in [7, 11) is 0. The van der Waals surface area contributed by atoms with Gasteiger partial charge < -0.3 is 15.5 Å². The van der Waals surface area contributed by atoms with Crippen molar-refractivity contribution in [1.82, 2.24) is 10.2 Å². The van der Waals surface area contributed by atoms with Gasteiger partial charge in [-0.05, 0) is 42.7 Å². The summed E-state index contributed by atoms with van der Waals surface area (Å²) in [6, 6.07) is 25.0. The average Bonchev–Trinajstić information content (AvgIpc) is 2.89. The lowest BCUT2D eigenvalue weighted by Gasteiger charge is -2.33. The minimum absolute atomic E-state index is 0.0830. The maximum absolute atomic E-state index is 13.3. The van der Waals surface area contributed by atoms with Gasteiger partial charge in [0.15, 0.2) is 0 Å². The standard InChI is InChI=1S/C28H28ClN3O3/c29-24-16-8-7-15-23(24)28(35)31-25(20-10-3-1-4-11-20)18-26(33)32-17-9-12-21(19-32)27(34)30-22-13-5-2-6-14-22/h1-8,10-11,13-16,21,25H,9,12,17-19H2,(H,30,34)(H,31,35). The monoisotopic (exact) mass is 489 g/mol. The molecule has 0 spiro atoms. The first-order valence-corrected chi connectivity index (χ1v) is 12.1. The summed E-state index contributed by atoms with van der Waals surface area (Å²) in [5.41, 5.74) is 1.93. The number of rotatable bonds is 7. The molecule has 1 aliphatic heterocycles. The summed E-state index contributed by atoms with van der Waals surface area (Å²) >= 11 is 6.21. The van der Waals surface area contributed by atoms with Gasteiger partial charge in [0.05, 0.1) is 29.0 Å². The number of amides is 3. The van der Waals surface area contributed by atoms with E-state index in [1.165, 1.54) is 0 Å². The lowest BCUT2D eigenvalue weighted by Crippen LogP contribution is -2.45. The lowest BCUT2D eigenvalue weighted by atomic mass is 9.95. The molecular formula is C28H28ClN3O3. The molecule has 4 rings (SSSR count). The van der Waals surface area contributed by atoms with Gasteiger partial charge >= 0.3 is 0 Å². The van der Waals surface area contributed by atoms with E-state index in [-0.39, 0.29) is 30.1 Å². The molecule has 180 valence electrons. The maximum atomic E-state index is 13.3. The number of carbonyl (C=O) groups is 3. The van der Waals surface area contributed by atoms with Crippen LogP contribution in [0.1, 0.15) is 41.2 Å². The molecule has 3 aromatic rings. The highest BCUT2D eigenvalue weighted by Gasteiger charge is 2.30. The second-order valence-corrected chi connectivity index (χ2v) is 9.06. The Hall–Kier alpha value is -3.64. The Morgan fingerprint density at radius 3 is 2.29 bits per heavy atom. The fourth-order valence-corrected chi connectivity index (χ4v) is 4.53. The van der Waals surface area contributed by atoms with Crippen LogP contribution in [0, 0.1) is 5.92 Å². The van der Waals surface area contributed by atoms with Crippen LogP contribution >= 0.6 is 11.6 Å². The van der Waals surface area contributed by atoms with E-state index in [1.807, 2.05) is 60.7 Å². The minimum atomic E-state index is -0.522. The molecule has 7 heteroatoms. The molecule has 0 bridgehead atoms. The number of nitrogens with zero attached hydrogens (tertiary/aromatic N) is 1. The van der Waals surface area contributed by atoms with Crippen LogP contribution < -0.4 is 10.6 Å². The summed E-state index contributed by atoms with van der Waals surface area (Å²) in [6.45, 7) is 0.950. The number of nitrogens with one attached hydrogen (secondary N) is 2. The van der Waals surface area contributed by atoms with Gasteiger partial charge in [0.2, 0.25) is 11.8 Å². The third kappa shape index (κ3) is 6.49. The van der Waals surface area contributed by atoms with Crippen LogP contribution in [0.4, 0.5) is 5.69 Å². The van der Waals surface area contributed by atoms with E-state index in [4.69, 9.17) is 11.6 Å². The predicted octanol–water partition coefficient (Wildman–Crippen LogP) is 5.08. The maximum Gasteiger partial charge on any atom is 0.253 e. The number of halogens is 1. The van der Waals surface area contributed by atoms with Crippen LogP contribution in [-0.4, -0.2) is 35.7 Å². The fourth-order valence-electron chi connectivity index (χ4n) is 4.31. The van der Waals surface area contributed by atoms with Crippen LogP contribution in [-0.2, 0) is 9.59 Å². The van der Waals surface area contributed by atoms with E-state index in [0.717, 1.165) is 24.1 Å². The molecule has 2 unspecified atom stereocenters. The van der Waals surface area contributed by atoms with Gasteiger partial charge in [-0.1, -0.05) is 72.3 Å². The Kier molecular flexibility index (Phi) is 8.16. The SMILES string of the molecule is O=C(NC(CC(=O)N1CCCC(C(=O)Nc2ccccc2)C1)c1ccccc1)c1ccccc1Cl. The molecule has 1 saturated heterocycles. The zero-order chi connectivity index (χ0) is 24.6. The van der Waals surface area contributed by atoms with Crippen LogP contribution in [0.2, 0.25) is 5.02 Å². The van der Waals surface area contributed by atoms with E-state index in [9.17, 15) is 14.4 Å². The predicted molar refractivity (Wildman–Crippen MR) is 137 cm³/mol. The lowest BCUT2D eigenvalue weighted by molar-refractivity contribution is -0.135. The van der Waals surface area contributed by atoms with Gasteiger partial charge in [-0.15, -0.1) is 0 Å². The Labute approximate surface area is 210 Å². The second kappa shape index (κ2) is 11.7. The molecular weight excluding hydrogens is 462 g/mol. The first-order valence-electron chi connectivity index (χ1n) is 11.8. The number of likely N-dealkylation sites (tertiary alicyclic amines) is 1. The third-order valence-corrected chi connectivity index (χ3v) is 6.52. The molecule has 1 heterocycles. The van der Waals surface area contributed by atoms with E-state index in [1.54, 1.807) is 29.2 Å². The number of hydrogen-bond donors (Lipinski definition) is 2. The van der Waals surface area contributed by atoms with Gasteiger partial charge in [0.25, 0.3) is 5.91 Å². The topological polar surface area (TPSA) is 78.5 Å². The molecule has 0 saturated carbocycles. The van der Waals surface area contributed by atoms with Crippen molar-refractivity contribution >= 4 is 35.0 Å². The van der Waals surface area contributed by atoms with Crippen molar-refractivity contribution in [3.8, 4) is 0 Å². The second-order valence-electron chi connectivity index (χ2n) is 8.65. The third-order valence-electron chi connectivity index (χ3n) is 6.19. The number of para-hydroxylation sites is 1. The number of piperidine rings is 1. The molecule has 2 atom stereocenters. The zero-order valence-corrected chi connectivity index (χ0v) is 20.1. The van der Waals surface area contributed by atoms with Gasteiger partial charge in [-0.3, -0.25) is 14.4 Å². The van der Waals surface area contributed by atoms with E-state index in [2.05, 4.69) is 10.6 Å². The van der Waals surface area contributed by atoms with Crippen molar-refractivity contribution in [1.29, 1.82) is 0 Å². The molecule has 1 aliphatic rings.